The maximum absolute atomic E-state index is 10.9. The van der Waals surface area contributed by atoms with Crippen molar-refractivity contribution in [3.63, 3.8) is 0 Å². The summed E-state index contributed by atoms with van der Waals surface area (Å²) in [5.74, 6) is -0.703. The Kier molecular flexibility index (Phi) is 4.83. The Labute approximate surface area is 69.8 Å². The van der Waals surface area contributed by atoms with Gasteiger partial charge in [0.25, 0.3) is 0 Å². The van der Waals surface area contributed by atoms with Gasteiger partial charge in [-0.05, 0) is 19.4 Å². The predicted octanol–water partition coefficient (Wildman–Crippen LogP) is 0.609. The first-order chi connectivity index (χ1) is 5.63. The number of aliphatic hydroxyl groups excluding tert-OH is 1. The highest BCUT2D eigenvalue weighted by Crippen LogP contribution is 2.01. The smallest absolute Gasteiger partial charge is 0.317 e. The molecule has 2 atom stereocenters. The van der Waals surface area contributed by atoms with Crippen LogP contribution < -0.4 is 0 Å². The van der Waals surface area contributed by atoms with E-state index >= 15 is 0 Å². The van der Waals surface area contributed by atoms with E-state index in [4.69, 9.17) is 10.6 Å². The van der Waals surface area contributed by atoms with E-state index in [1.165, 1.54) is 6.92 Å². The van der Waals surface area contributed by atoms with Crippen LogP contribution in [0, 0.1) is 0 Å². The Morgan fingerprint density at radius 3 is 2.75 bits per heavy atom. The predicted molar refractivity (Wildman–Crippen MR) is 41.2 cm³/mol. The molecule has 0 bridgehead atoms. The molecule has 6 nitrogen and oxygen atoms in total. The van der Waals surface area contributed by atoms with Crippen molar-refractivity contribution in [1.29, 1.82) is 0 Å². The Hall–Kier alpha value is -1.26. The molecule has 0 rings (SSSR count). The Morgan fingerprint density at radius 2 is 2.42 bits per heavy atom. The fourth-order valence-corrected chi connectivity index (χ4v) is 0.624. The van der Waals surface area contributed by atoms with Crippen molar-refractivity contribution in [2.45, 2.75) is 26.0 Å². The van der Waals surface area contributed by atoms with Crippen LogP contribution in [0.5, 0.6) is 0 Å². The van der Waals surface area contributed by atoms with Crippen LogP contribution in [0.4, 0.5) is 0 Å². The zero-order valence-electron chi connectivity index (χ0n) is 6.97. The normalized spacial score (nSPS) is 14.2. The SMILES string of the molecule is CCOC(=O)[C@@H](N=[N+]=[N-])[C@H](C)O. The molecular weight excluding hydrogens is 162 g/mol. The van der Waals surface area contributed by atoms with Crippen molar-refractivity contribution in [2.24, 2.45) is 5.11 Å². The summed E-state index contributed by atoms with van der Waals surface area (Å²) in [7, 11) is 0. The van der Waals surface area contributed by atoms with Crippen LogP contribution in [-0.4, -0.2) is 29.8 Å². The molecule has 0 aromatic heterocycles. The van der Waals surface area contributed by atoms with Crippen LogP contribution in [0.3, 0.4) is 0 Å². The second-order valence-electron chi connectivity index (χ2n) is 2.14. The van der Waals surface area contributed by atoms with Crippen molar-refractivity contribution in [3.8, 4) is 0 Å². The van der Waals surface area contributed by atoms with Crippen molar-refractivity contribution >= 4 is 5.97 Å². The molecule has 68 valence electrons. The molecule has 0 aromatic rings. The summed E-state index contributed by atoms with van der Waals surface area (Å²) in [6.45, 7) is 3.19. The van der Waals surface area contributed by atoms with Gasteiger partial charge in [0, 0.05) is 4.91 Å². The van der Waals surface area contributed by atoms with E-state index in [0.717, 1.165) is 0 Å². The Bertz CT molecular complexity index is 198. The molecule has 0 aliphatic carbocycles. The van der Waals surface area contributed by atoms with Gasteiger partial charge in [-0.2, -0.15) is 0 Å². The zero-order valence-corrected chi connectivity index (χ0v) is 6.97. The van der Waals surface area contributed by atoms with Gasteiger partial charge in [-0.25, -0.2) is 0 Å². The van der Waals surface area contributed by atoms with Crippen molar-refractivity contribution in [2.75, 3.05) is 6.61 Å². The van der Waals surface area contributed by atoms with Gasteiger partial charge in [0.15, 0.2) is 6.04 Å². The summed E-state index contributed by atoms with van der Waals surface area (Å²) in [5, 5.41) is 12.1. The number of nitrogens with zero attached hydrogens (tertiary/aromatic N) is 3. The minimum Gasteiger partial charge on any atom is -0.466 e. The van der Waals surface area contributed by atoms with E-state index in [-0.39, 0.29) is 6.61 Å². The number of azide groups is 1. The molecule has 0 aliphatic rings. The number of hydrogen-bond acceptors (Lipinski definition) is 4. The average Bonchev–Trinajstić information content (AvgIpc) is 1.99. The van der Waals surface area contributed by atoms with Crippen LogP contribution >= 0.6 is 0 Å². The van der Waals surface area contributed by atoms with Gasteiger partial charge in [0.05, 0.1) is 12.7 Å². The molecule has 1 N–H and O–H groups in total. The molecule has 0 saturated carbocycles. The third-order valence-electron chi connectivity index (χ3n) is 1.16. The van der Waals surface area contributed by atoms with E-state index in [9.17, 15) is 4.79 Å². The fraction of sp³-hybridized carbons (Fsp3) is 0.833. The van der Waals surface area contributed by atoms with E-state index in [0.29, 0.717) is 0 Å². The molecule has 0 spiro atoms. The lowest BCUT2D eigenvalue weighted by atomic mass is 10.2. The molecule has 0 aliphatic heterocycles. The van der Waals surface area contributed by atoms with Gasteiger partial charge in [-0.3, -0.25) is 4.79 Å². The molecule has 0 unspecified atom stereocenters. The fourth-order valence-electron chi connectivity index (χ4n) is 0.624. The number of carbonyl (C=O) groups is 1. The van der Waals surface area contributed by atoms with E-state index < -0.39 is 18.1 Å². The van der Waals surface area contributed by atoms with Crippen LogP contribution in [0.15, 0.2) is 5.11 Å². The quantitative estimate of drug-likeness (QED) is 0.292. The van der Waals surface area contributed by atoms with Crippen LogP contribution in [-0.2, 0) is 9.53 Å². The first-order valence-corrected chi connectivity index (χ1v) is 3.52. The standard InChI is InChI=1S/C6H11N3O3/c1-3-12-6(11)5(4(2)10)8-9-7/h4-5,10H,3H2,1-2H3/t4-,5-/m0/s1. The number of carbonyl (C=O) groups excluding carboxylic acids is 1. The molecule has 0 amide bonds. The third kappa shape index (κ3) is 3.23. The number of hydrogen-bond donors (Lipinski definition) is 1. The van der Waals surface area contributed by atoms with Crippen LogP contribution in [0.1, 0.15) is 13.8 Å². The Morgan fingerprint density at radius 1 is 1.83 bits per heavy atom. The summed E-state index contributed by atoms with van der Waals surface area (Å²) in [5.41, 5.74) is 8.04. The maximum Gasteiger partial charge on any atom is 0.317 e. The molecule has 6 heteroatoms. The number of rotatable bonds is 4. The molecule has 12 heavy (non-hydrogen) atoms. The second kappa shape index (κ2) is 5.40. The molecule has 0 aromatic carbocycles. The number of ether oxygens (including phenoxy) is 1. The van der Waals surface area contributed by atoms with Gasteiger partial charge in [0.2, 0.25) is 0 Å². The highest BCUT2D eigenvalue weighted by molar-refractivity contribution is 5.76. The van der Waals surface area contributed by atoms with Gasteiger partial charge in [0.1, 0.15) is 0 Å². The summed E-state index contributed by atoms with van der Waals surface area (Å²) in [4.78, 5) is 13.4. The molecule has 0 saturated heterocycles. The second-order valence-corrected chi connectivity index (χ2v) is 2.14. The first-order valence-electron chi connectivity index (χ1n) is 3.52. The van der Waals surface area contributed by atoms with Gasteiger partial charge < -0.3 is 9.84 Å². The minimum atomic E-state index is -1.14. The lowest BCUT2D eigenvalue weighted by Gasteiger charge is -2.11. The van der Waals surface area contributed by atoms with E-state index in [1.807, 2.05) is 0 Å². The van der Waals surface area contributed by atoms with Crippen LogP contribution in [0.2, 0.25) is 0 Å². The number of esters is 1. The lowest BCUT2D eigenvalue weighted by molar-refractivity contribution is -0.147. The van der Waals surface area contributed by atoms with Crippen LogP contribution in [0.25, 0.3) is 10.4 Å². The van der Waals surface area contributed by atoms with Gasteiger partial charge in [-0.15, -0.1) is 0 Å². The highest BCUT2D eigenvalue weighted by atomic mass is 16.5. The van der Waals surface area contributed by atoms with E-state index in [1.54, 1.807) is 6.92 Å². The summed E-state index contributed by atoms with van der Waals surface area (Å²) < 4.78 is 4.55. The Balaban J connectivity index is 4.29. The third-order valence-corrected chi connectivity index (χ3v) is 1.16. The first kappa shape index (κ1) is 10.7. The van der Waals surface area contributed by atoms with Gasteiger partial charge in [-0.1, -0.05) is 5.11 Å². The average molecular weight is 173 g/mol. The topological polar surface area (TPSA) is 95.3 Å². The maximum atomic E-state index is 10.9. The molecule has 0 radical (unpaired) electrons. The monoisotopic (exact) mass is 173 g/mol. The molecule has 0 fully saturated rings. The number of aliphatic hydroxyl groups is 1. The van der Waals surface area contributed by atoms with Crippen molar-refractivity contribution < 1.29 is 14.6 Å². The summed E-state index contributed by atoms with van der Waals surface area (Å²) in [6.07, 6.45) is -1.03. The lowest BCUT2D eigenvalue weighted by Crippen LogP contribution is -2.31. The van der Waals surface area contributed by atoms with Crippen molar-refractivity contribution in [3.05, 3.63) is 10.4 Å². The minimum absolute atomic E-state index is 0.197. The summed E-state index contributed by atoms with van der Waals surface area (Å²) in [6, 6.07) is -1.14. The van der Waals surface area contributed by atoms with Gasteiger partial charge >= 0.3 is 5.97 Å². The van der Waals surface area contributed by atoms with E-state index in [2.05, 4.69) is 14.8 Å². The molecule has 0 heterocycles. The largest absolute Gasteiger partial charge is 0.466 e. The highest BCUT2D eigenvalue weighted by Gasteiger charge is 2.23. The van der Waals surface area contributed by atoms with Crippen molar-refractivity contribution in [1.82, 2.24) is 0 Å². The zero-order chi connectivity index (χ0) is 9.56. The summed E-state index contributed by atoms with van der Waals surface area (Å²) >= 11 is 0. The molecular formula is C6H11N3O3.